The maximum atomic E-state index is 6.00. The van der Waals surface area contributed by atoms with Gasteiger partial charge in [-0.2, -0.15) is 0 Å². The number of para-hydroxylation sites is 1. The van der Waals surface area contributed by atoms with Gasteiger partial charge in [-0.15, -0.1) is 0 Å². The number of nitrogens with one attached hydrogen (secondary N) is 1. The molecule has 2 aromatic rings. The highest BCUT2D eigenvalue weighted by atomic mass is 16.5. The smallest absolute Gasteiger partial charge is 0.122 e. The number of ether oxygens (including phenoxy) is 2. The number of hydrogen-bond donors (Lipinski definition) is 1. The van der Waals surface area contributed by atoms with E-state index in [2.05, 4.69) is 30.4 Å². The Bertz CT molecular complexity index is 551. The largest absolute Gasteiger partial charge is 0.497 e. The average Bonchev–Trinajstić information content (AvgIpc) is 2.56. The van der Waals surface area contributed by atoms with Gasteiger partial charge in [-0.05, 0) is 42.8 Å². The molecule has 2 aromatic carbocycles. The Labute approximate surface area is 126 Å². The van der Waals surface area contributed by atoms with Gasteiger partial charge in [-0.25, -0.2) is 0 Å². The molecule has 0 amide bonds. The SMILES string of the molecule is CCc1ccccc1OCC(NC)c1ccc(OC)cc1. The summed E-state index contributed by atoms with van der Waals surface area (Å²) < 4.78 is 11.2. The van der Waals surface area contributed by atoms with Gasteiger partial charge >= 0.3 is 0 Å². The van der Waals surface area contributed by atoms with Crippen LogP contribution in [-0.4, -0.2) is 20.8 Å². The highest BCUT2D eigenvalue weighted by molar-refractivity contribution is 5.34. The molecule has 0 aromatic heterocycles. The van der Waals surface area contributed by atoms with Crippen LogP contribution in [0.2, 0.25) is 0 Å². The summed E-state index contributed by atoms with van der Waals surface area (Å²) in [7, 11) is 3.62. The fraction of sp³-hybridized carbons (Fsp3) is 0.333. The maximum absolute atomic E-state index is 6.00. The molecular weight excluding hydrogens is 262 g/mol. The Morgan fingerprint density at radius 1 is 1.05 bits per heavy atom. The Morgan fingerprint density at radius 3 is 2.38 bits per heavy atom. The highest BCUT2D eigenvalue weighted by Gasteiger charge is 2.11. The molecule has 3 nitrogen and oxygen atoms in total. The minimum Gasteiger partial charge on any atom is -0.497 e. The van der Waals surface area contributed by atoms with E-state index in [9.17, 15) is 0 Å². The fourth-order valence-electron chi connectivity index (χ4n) is 2.29. The molecule has 3 heteroatoms. The molecule has 0 heterocycles. The van der Waals surface area contributed by atoms with Gasteiger partial charge in [0, 0.05) is 0 Å². The summed E-state index contributed by atoms with van der Waals surface area (Å²) >= 11 is 0. The van der Waals surface area contributed by atoms with Crippen LogP contribution in [0.4, 0.5) is 0 Å². The van der Waals surface area contributed by atoms with Crippen molar-refractivity contribution >= 4 is 0 Å². The molecule has 0 aliphatic carbocycles. The van der Waals surface area contributed by atoms with Crippen LogP contribution in [0.15, 0.2) is 48.5 Å². The zero-order valence-electron chi connectivity index (χ0n) is 12.9. The van der Waals surface area contributed by atoms with Gasteiger partial charge in [-0.1, -0.05) is 37.3 Å². The van der Waals surface area contributed by atoms with Crippen LogP contribution in [-0.2, 0) is 6.42 Å². The van der Waals surface area contributed by atoms with E-state index in [-0.39, 0.29) is 6.04 Å². The second kappa shape index (κ2) is 7.70. The molecule has 0 aliphatic rings. The Morgan fingerprint density at radius 2 is 1.76 bits per heavy atom. The molecule has 0 radical (unpaired) electrons. The third kappa shape index (κ3) is 3.99. The third-order valence-electron chi connectivity index (χ3n) is 3.63. The molecule has 21 heavy (non-hydrogen) atoms. The average molecular weight is 285 g/mol. The lowest BCUT2D eigenvalue weighted by molar-refractivity contribution is 0.270. The summed E-state index contributed by atoms with van der Waals surface area (Å²) in [6.07, 6.45) is 0.975. The Hall–Kier alpha value is -2.00. The summed E-state index contributed by atoms with van der Waals surface area (Å²) in [5, 5.41) is 3.30. The molecule has 0 bridgehead atoms. The number of rotatable bonds is 7. The van der Waals surface area contributed by atoms with E-state index >= 15 is 0 Å². The van der Waals surface area contributed by atoms with Gasteiger partial charge in [-0.3, -0.25) is 0 Å². The first-order valence-corrected chi connectivity index (χ1v) is 7.30. The van der Waals surface area contributed by atoms with Crippen molar-refractivity contribution in [3.63, 3.8) is 0 Å². The molecular formula is C18H23NO2. The summed E-state index contributed by atoms with van der Waals surface area (Å²) in [6, 6.07) is 16.4. The van der Waals surface area contributed by atoms with Crippen molar-refractivity contribution in [3.8, 4) is 11.5 Å². The van der Waals surface area contributed by atoms with E-state index in [0.717, 1.165) is 17.9 Å². The topological polar surface area (TPSA) is 30.5 Å². The number of benzene rings is 2. The van der Waals surface area contributed by atoms with Gasteiger partial charge < -0.3 is 14.8 Å². The predicted octanol–water partition coefficient (Wildman–Crippen LogP) is 3.60. The molecule has 112 valence electrons. The molecule has 0 spiro atoms. The highest BCUT2D eigenvalue weighted by Crippen LogP contribution is 2.22. The van der Waals surface area contributed by atoms with Crippen LogP contribution in [0.25, 0.3) is 0 Å². The quantitative estimate of drug-likeness (QED) is 0.843. The van der Waals surface area contributed by atoms with Crippen LogP contribution in [0.1, 0.15) is 24.1 Å². The molecule has 0 saturated heterocycles. The first kappa shape index (κ1) is 15.4. The number of methoxy groups -OCH3 is 1. The molecule has 0 fully saturated rings. The van der Waals surface area contributed by atoms with E-state index in [4.69, 9.17) is 9.47 Å². The zero-order valence-corrected chi connectivity index (χ0v) is 12.9. The van der Waals surface area contributed by atoms with Gasteiger partial charge in [0.25, 0.3) is 0 Å². The van der Waals surface area contributed by atoms with Gasteiger partial charge in [0.15, 0.2) is 0 Å². The van der Waals surface area contributed by atoms with Crippen molar-refractivity contribution in [1.82, 2.24) is 5.32 Å². The van der Waals surface area contributed by atoms with E-state index < -0.39 is 0 Å². The van der Waals surface area contributed by atoms with Crippen molar-refractivity contribution in [2.45, 2.75) is 19.4 Å². The molecule has 0 aliphatic heterocycles. The Kier molecular flexibility index (Phi) is 5.64. The van der Waals surface area contributed by atoms with Crippen LogP contribution in [0, 0.1) is 0 Å². The molecule has 0 saturated carbocycles. The lowest BCUT2D eigenvalue weighted by Crippen LogP contribution is -2.23. The number of aryl methyl sites for hydroxylation is 1. The summed E-state index contributed by atoms with van der Waals surface area (Å²) in [4.78, 5) is 0. The van der Waals surface area contributed by atoms with Gasteiger partial charge in [0.2, 0.25) is 0 Å². The third-order valence-corrected chi connectivity index (χ3v) is 3.63. The van der Waals surface area contributed by atoms with E-state index in [1.54, 1.807) is 7.11 Å². The first-order valence-electron chi connectivity index (χ1n) is 7.30. The van der Waals surface area contributed by atoms with Crippen molar-refractivity contribution in [3.05, 3.63) is 59.7 Å². The first-order chi connectivity index (χ1) is 10.3. The summed E-state index contributed by atoms with van der Waals surface area (Å²) in [5.74, 6) is 1.83. The van der Waals surface area contributed by atoms with Crippen LogP contribution in [0.5, 0.6) is 11.5 Å². The molecule has 1 atom stereocenters. The standard InChI is InChI=1S/C18H23NO2/c1-4-14-7-5-6-8-18(14)21-13-17(19-2)15-9-11-16(20-3)12-10-15/h5-12,17,19H,4,13H2,1-3H3. The summed E-state index contributed by atoms with van der Waals surface area (Å²) in [6.45, 7) is 2.74. The minimum absolute atomic E-state index is 0.154. The minimum atomic E-state index is 0.154. The van der Waals surface area contributed by atoms with Crippen molar-refractivity contribution in [2.24, 2.45) is 0 Å². The normalized spacial score (nSPS) is 12.0. The van der Waals surface area contributed by atoms with E-state index in [1.165, 1.54) is 11.1 Å². The van der Waals surface area contributed by atoms with E-state index in [0.29, 0.717) is 6.61 Å². The van der Waals surface area contributed by atoms with E-state index in [1.807, 2.05) is 37.4 Å². The fourth-order valence-corrected chi connectivity index (χ4v) is 2.29. The molecule has 1 N–H and O–H groups in total. The van der Waals surface area contributed by atoms with Crippen molar-refractivity contribution < 1.29 is 9.47 Å². The number of likely N-dealkylation sites (N-methyl/N-ethyl adjacent to an activating group) is 1. The van der Waals surface area contributed by atoms with Crippen molar-refractivity contribution in [1.29, 1.82) is 0 Å². The molecule has 1 unspecified atom stereocenters. The summed E-state index contributed by atoms with van der Waals surface area (Å²) in [5.41, 5.74) is 2.43. The maximum Gasteiger partial charge on any atom is 0.122 e. The molecule has 2 rings (SSSR count). The zero-order chi connectivity index (χ0) is 15.1. The number of hydrogen-bond acceptors (Lipinski definition) is 3. The second-order valence-corrected chi connectivity index (χ2v) is 4.89. The van der Waals surface area contributed by atoms with Crippen molar-refractivity contribution in [2.75, 3.05) is 20.8 Å². The lowest BCUT2D eigenvalue weighted by atomic mass is 10.1. The van der Waals surface area contributed by atoms with Gasteiger partial charge in [0.1, 0.15) is 18.1 Å². The van der Waals surface area contributed by atoms with Gasteiger partial charge in [0.05, 0.1) is 13.2 Å². The second-order valence-electron chi connectivity index (χ2n) is 4.89. The predicted molar refractivity (Wildman–Crippen MR) is 86.1 cm³/mol. The lowest BCUT2D eigenvalue weighted by Gasteiger charge is -2.19. The van der Waals surface area contributed by atoms with Crippen LogP contribution in [0.3, 0.4) is 0 Å². The van der Waals surface area contributed by atoms with Crippen LogP contribution < -0.4 is 14.8 Å². The van der Waals surface area contributed by atoms with Crippen LogP contribution >= 0.6 is 0 Å². The monoisotopic (exact) mass is 285 g/mol. The Balaban J connectivity index is 2.04.